The highest BCUT2D eigenvalue weighted by Crippen LogP contribution is 2.44. The van der Waals surface area contributed by atoms with E-state index < -0.39 is 5.60 Å². The molecule has 5 heteroatoms. The number of nitrogens with zero attached hydrogens (tertiary/aromatic N) is 2. The van der Waals surface area contributed by atoms with Crippen molar-refractivity contribution in [2.45, 2.75) is 50.7 Å². The summed E-state index contributed by atoms with van der Waals surface area (Å²) in [5.41, 5.74) is 1.93. The number of benzene rings is 2. The van der Waals surface area contributed by atoms with E-state index in [9.17, 15) is 5.11 Å². The summed E-state index contributed by atoms with van der Waals surface area (Å²) < 4.78 is 12.5. The van der Waals surface area contributed by atoms with Crippen LogP contribution in [0.1, 0.15) is 54.7 Å². The third-order valence-corrected chi connectivity index (χ3v) is 7.15. The van der Waals surface area contributed by atoms with Crippen LogP contribution in [0.3, 0.4) is 0 Å². The van der Waals surface area contributed by atoms with Gasteiger partial charge in [0.15, 0.2) is 11.4 Å². The van der Waals surface area contributed by atoms with Crippen molar-refractivity contribution in [1.82, 2.24) is 5.16 Å². The van der Waals surface area contributed by atoms with Crippen molar-refractivity contribution in [2.24, 2.45) is 5.92 Å². The molecule has 182 valence electrons. The molecule has 1 atom stereocenters. The van der Waals surface area contributed by atoms with E-state index >= 15 is 0 Å². The fourth-order valence-corrected chi connectivity index (χ4v) is 5.12. The molecule has 1 heterocycles. The minimum atomic E-state index is -1.13. The van der Waals surface area contributed by atoms with Crippen LogP contribution in [0, 0.1) is 5.92 Å². The third kappa shape index (κ3) is 6.15. The van der Waals surface area contributed by atoms with Crippen molar-refractivity contribution in [2.75, 3.05) is 33.9 Å². The van der Waals surface area contributed by atoms with E-state index in [1.54, 1.807) is 0 Å². The molecule has 1 aliphatic rings. The van der Waals surface area contributed by atoms with Gasteiger partial charge in [-0.2, -0.15) is 0 Å². The van der Waals surface area contributed by atoms with E-state index in [4.69, 9.17) is 9.26 Å². The Kier molecular flexibility index (Phi) is 8.19. The largest absolute Gasteiger partial charge is 0.377 e. The zero-order valence-electron chi connectivity index (χ0n) is 20.7. The molecular formula is C29H39N2O3+. The highest BCUT2D eigenvalue weighted by atomic mass is 16.5. The quantitative estimate of drug-likeness (QED) is 0.309. The van der Waals surface area contributed by atoms with Gasteiger partial charge in [0.05, 0.1) is 27.3 Å². The number of aromatic nitrogens is 1. The Labute approximate surface area is 203 Å². The van der Waals surface area contributed by atoms with Gasteiger partial charge in [-0.3, -0.25) is 0 Å². The van der Waals surface area contributed by atoms with E-state index in [2.05, 4.69) is 43.5 Å². The van der Waals surface area contributed by atoms with Crippen molar-refractivity contribution in [3.8, 4) is 0 Å². The highest BCUT2D eigenvalue weighted by molar-refractivity contribution is 5.32. The van der Waals surface area contributed by atoms with Gasteiger partial charge in [0.1, 0.15) is 18.8 Å². The molecule has 34 heavy (non-hydrogen) atoms. The molecule has 4 rings (SSSR count). The van der Waals surface area contributed by atoms with Crippen molar-refractivity contribution in [1.29, 1.82) is 0 Å². The Morgan fingerprint density at radius 3 is 2.35 bits per heavy atom. The summed E-state index contributed by atoms with van der Waals surface area (Å²) in [5.74, 6) is 0.713. The standard InChI is InChI=1S/C29H39N2O3/c1-31(2,19-21-33-20-18-24-12-6-3-7-13-24)23-27-22-28(34-30-27)29(32,25-14-8-4-9-15-25)26-16-10-5-11-17-26/h3-4,6-9,12-15,22,26,32H,5,10-11,16-21,23H2,1-2H3/q+1. The molecule has 1 unspecified atom stereocenters. The number of likely N-dealkylation sites (N-methyl/N-ethyl adjacent to an activating group) is 1. The molecule has 2 aromatic carbocycles. The van der Waals surface area contributed by atoms with Crippen LogP contribution in [0.2, 0.25) is 0 Å². The van der Waals surface area contributed by atoms with Crippen LogP contribution in [0.25, 0.3) is 0 Å². The van der Waals surface area contributed by atoms with E-state index in [1.165, 1.54) is 12.0 Å². The van der Waals surface area contributed by atoms with Gasteiger partial charge in [-0.25, -0.2) is 0 Å². The second-order valence-electron chi connectivity index (χ2n) is 10.3. The van der Waals surface area contributed by atoms with Gasteiger partial charge in [0, 0.05) is 6.07 Å². The molecule has 1 N–H and O–H groups in total. The first-order valence-electron chi connectivity index (χ1n) is 12.6. The topological polar surface area (TPSA) is 55.5 Å². The summed E-state index contributed by atoms with van der Waals surface area (Å²) in [4.78, 5) is 0. The van der Waals surface area contributed by atoms with Gasteiger partial charge < -0.3 is 18.8 Å². The molecule has 0 spiro atoms. The second kappa shape index (κ2) is 11.3. The first kappa shape index (κ1) is 24.6. The number of ether oxygens (including phenoxy) is 1. The smallest absolute Gasteiger partial charge is 0.173 e. The van der Waals surface area contributed by atoms with Crippen LogP contribution in [0.4, 0.5) is 0 Å². The summed E-state index contributed by atoms with van der Waals surface area (Å²) in [6.45, 7) is 3.02. The molecule has 1 aliphatic carbocycles. The number of hydrogen-bond donors (Lipinski definition) is 1. The van der Waals surface area contributed by atoms with Crippen LogP contribution in [0.5, 0.6) is 0 Å². The SMILES string of the molecule is C[N+](C)(CCOCCc1ccccc1)Cc1cc(C(O)(c2ccccc2)C2CCCCC2)on1. The summed E-state index contributed by atoms with van der Waals surface area (Å²) >= 11 is 0. The second-order valence-corrected chi connectivity index (χ2v) is 10.3. The zero-order chi connectivity index (χ0) is 23.9. The van der Waals surface area contributed by atoms with Gasteiger partial charge >= 0.3 is 0 Å². The Morgan fingerprint density at radius 2 is 1.65 bits per heavy atom. The Balaban J connectivity index is 1.37. The molecule has 1 saturated carbocycles. The molecule has 0 saturated heterocycles. The van der Waals surface area contributed by atoms with E-state index in [1.807, 2.05) is 42.5 Å². The number of quaternary nitrogens is 1. The lowest BCUT2D eigenvalue weighted by molar-refractivity contribution is -0.904. The average molecular weight is 464 g/mol. The zero-order valence-corrected chi connectivity index (χ0v) is 20.7. The number of aliphatic hydroxyl groups is 1. The van der Waals surface area contributed by atoms with Crippen molar-refractivity contribution in [3.05, 3.63) is 89.3 Å². The van der Waals surface area contributed by atoms with E-state index in [-0.39, 0.29) is 5.92 Å². The van der Waals surface area contributed by atoms with Gasteiger partial charge in [-0.1, -0.05) is 85.1 Å². The fraction of sp³-hybridized carbons (Fsp3) is 0.483. The summed E-state index contributed by atoms with van der Waals surface area (Å²) in [6, 6.07) is 22.4. The van der Waals surface area contributed by atoms with Gasteiger partial charge in [0.25, 0.3) is 0 Å². The molecule has 5 nitrogen and oxygen atoms in total. The first-order valence-corrected chi connectivity index (χ1v) is 12.6. The van der Waals surface area contributed by atoms with Gasteiger partial charge in [-0.05, 0) is 36.3 Å². The number of rotatable bonds is 11. The molecule has 0 amide bonds. The van der Waals surface area contributed by atoms with E-state index in [0.717, 1.165) is 67.5 Å². The average Bonchev–Trinajstić information content (AvgIpc) is 3.33. The molecule has 1 fully saturated rings. The summed E-state index contributed by atoms with van der Waals surface area (Å²) in [7, 11) is 4.36. The van der Waals surface area contributed by atoms with E-state index in [0.29, 0.717) is 12.4 Å². The van der Waals surface area contributed by atoms with Crippen molar-refractivity contribution in [3.63, 3.8) is 0 Å². The molecular weight excluding hydrogens is 424 g/mol. The highest BCUT2D eigenvalue weighted by Gasteiger charge is 2.44. The Morgan fingerprint density at radius 1 is 0.971 bits per heavy atom. The predicted molar refractivity (Wildman–Crippen MR) is 134 cm³/mol. The monoisotopic (exact) mass is 463 g/mol. The number of hydrogen-bond acceptors (Lipinski definition) is 4. The predicted octanol–water partition coefficient (Wildman–Crippen LogP) is 5.33. The maximum atomic E-state index is 12.0. The molecule has 0 radical (unpaired) electrons. The molecule has 0 aliphatic heterocycles. The molecule has 3 aromatic rings. The summed E-state index contributed by atoms with van der Waals surface area (Å²) in [6.07, 6.45) is 6.47. The Bertz CT molecular complexity index is 996. The van der Waals surface area contributed by atoms with Crippen molar-refractivity contribution >= 4 is 0 Å². The fourth-order valence-electron chi connectivity index (χ4n) is 5.12. The lowest BCUT2D eigenvalue weighted by atomic mass is 9.72. The third-order valence-electron chi connectivity index (χ3n) is 7.15. The van der Waals surface area contributed by atoms with Crippen LogP contribution < -0.4 is 0 Å². The van der Waals surface area contributed by atoms with Crippen LogP contribution in [-0.2, 0) is 23.3 Å². The lowest BCUT2D eigenvalue weighted by Crippen LogP contribution is -2.41. The Hall–Kier alpha value is -2.47. The summed E-state index contributed by atoms with van der Waals surface area (Å²) in [5, 5.41) is 16.4. The maximum Gasteiger partial charge on any atom is 0.173 e. The lowest BCUT2D eigenvalue weighted by Gasteiger charge is -2.37. The molecule has 1 aromatic heterocycles. The van der Waals surface area contributed by atoms with Crippen LogP contribution in [-0.4, -0.2) is 48.6 Å². The van der Waals surface area contributed by atoms with Gasteiger partial charge in [0.2, 0.25) is 0 Å². The van der Waals surface area contributed by atoms with Crippen LogP contribution in [0.15, 0.2) is 71.3 Å². The minimum Gasteiger partial charge on any atom is -0.377 e. The van der Waals surface area contributed by atoms with Crippen LogP contribution >= 0.6 is 0 Å². The normalized spacial score (nSPS) is 16.9. The maximum absolute atomic E-state index is 12.0. The first-order chi connectivity index (χ1) is 16.5. The minimum absolute atomic E-state index is 0.143. The van der Waals surface area contributed by atoms with Gasteiger partial charge in [-0.15, -0.1) is 0 Å². The van der Waals surface area contributed by atoms with Crippen molar-refractivity contribution < 1.29 is 18.8 Å². The molecule has 0 bridgehead atoms.